The molecule has 0 bridgehead atoms. The summed E-state index contributed by atoms with van der Waals surface area (Å²) in [5, 5.41) is 3.47. The van der Waals surface area contributed by atoms with Gasteiger partial charge < -0.3 is 15.8 Å². The highest BCUT2D eigenvalue weighted by atomic mass is 19.3. The van der Waals surface area contributed by atoms with E-state index in [0.29, 0.717) is 23.5 Å². The maximum Gasteiger partial charge on any atom is 0.281 e. The summed E-state index contributed by atoms with van der Waals surface area (Å²) < 4.78 is 44.6. The largest absolute Gasteiger partial charge is 0.494 e. The number of fused-ring (bicyclic) bond motifs is 1. The summed E-state index contributed by atoms with van der Waals surface area (Å²) in [5.41, 5.74) is 5.20. The van der Waals surface area contributed by atoms with Gasteiger partial charge in [0.25, 0.3) is 6.43 Å². The van der Waals surface area contributed by atoms with Crippen molar-refractivity contribution in [2.45, 2.75) is 45.1 Å². The van der Waals surface area contributed by atoms with Crippen LogP contribution in [0.25, 0.3) is 5.65 Å². The molecule has 33 heavy (non-hydrogen) atoms. The fourth-order valence-electron chi connectivity index (χ4n) is 3.62. The number of nitrogens with two attached hydrogens (primary N) is 1. The Labute approximate surface area is 192 Å². The molecule has 0 amide bonds. The number of nitrogens with zero attached hydrogens (tertiary/aromatic N) is 2. The topological polar surface area (TPSA) is 81.7 Å². The Morgan fingerprint density at radius 3 is 2.45 bits per heavy atom. The summed E-state index contributed by atoms with van der Waals surface area (Å²) in [6.45, 7) is 2.28. The molecule has 1 fully saturated rings. The molecule has 3 aromatic rings. The number of hydrogen-bond acceptors (Lipinski definition) is 5. The molecular formula is C24H31F3N4O2. The van der Waals surface area contributed by atoms with Crippen molar-refractivity contribution in [3.63, 3.8) is 0 Å². The lowest BCUT2D eigenvalue weighted by Crippen LogP contribution is -2.26. The molecule has 6 nitrogen and oxygen atoms in total. The molecule has 3 N–H and O–H groups in total. The number of nitrogens with one attached hydrogen (secondary N) is 1. The van der Waals surface area contributed by atoms with E-state index in [2.05, 4.69) is 27.7 Å². The zero-order valence-corrected chi connectivity index (χ0v) is 19.1. The number of rotatable bonds is 5. The molecule has 180 valence electrons. The first-order chi connectivity index (χ1) is 15.9. The number of benzene rings is 1. The van der Waals surface area contributed by atoms with Crippen molar-refractivity contribution in [1.82, 2.24) is 9.38 Å². The summed E-state index contributed by atoms with van der Waals surface area (Å²) in [6, 6.07) is 9.99. The molecule has 0 saturated heterocycles. The van der Waals surface area contributed by atoms with Crippen molar-refractivity contribution in [3.8, 4) is 5.75 Å². The standard InChI is InChI=1S/C15H19F2N3.C8H7FO2.CH5N/c1-10-5-7-11(8-6-10)18-13-3-2-4-14-19-12(15(16)17)9-20(13)14;1-11-8-3-2-6(5-10)4-7(8)9;1-2/h2-4,9-11,15,18H,5-8H2,1H3;2-5H,1H3;2H2,1H3. The van der Waals surface area contributed by atoms with Gasteiger partial charge in [-0.05, 0) is 69.0 Å². The third-order valence-electron chi connectivity index (χ3n) is 5.41. The highest BCUT2D eigenvalue weighted by Crippen LogP contribution is 2.27. The third-order valence-corrected chi connectivity index (χ3v) is 5.41. The number of pyridine rings is 1. The van der Waals surface area contributed by atoms with E-state index >= 15 is 0 Å². The van der Waals surface area contributed by atoms with Gasteiger partial charge in [0.2, 0.25) is 0 Å². The minimum absolute atomic E-state index is 0.149. The number of imidazole rings is 1. The number of ether oxygens (including phenoxy) is 1. The SMILES string of the molecule is CC1CCC(Nc2cccc3nc(C(F)F)cn23)CC1.CN.COc1ccc(C=O)cc1F. The number of carbonyl (C=O) groups excluding carboxylic acids is 1. The lowest BCUT2D eigenvalue weighted by atomic mass is 9.87. The Kier molecular flexibility index (Phi) is 10.2. The molecule has 0 aliphatic heterocycles. The summed E-state index contributed by atoms with van der Waals surface area (Å²) in [7, 11) is 2.87. The molecule has 1 aliphatic rings. The Hall–Kier alpha value is -3.07. The maximum atomic E-state index is 12.8. The summed E-state index contributed by atoms with van der Waals surface area (Å²) in [4.78, 5) is 14.1. The van der Waals surface area contributed by atoms with Crippen molar-refractivity contribution in [2.75, 3.05) is 19.5 Å². The quantitative estimate of drug-likeness (QED) is 0.489. The van der Waals surface area contributed by atoms with Crippen LogP contribution in [0.4, 0.5) is 19.0 Å². The predicted octanol–water partition coefficient (Wildman–Crippen LogP) is 5.48. The summed E-state index contributed by atoms with van der Waals surface area (Å²) >= 11 is 0. The van der Waals surface area contributed by atoms with Crippen LogP contribution in [0.3, 0.4) is 0 Å². The molecule has 1 saturated carbocycles. The Morgan fingerprint density at radius 2 is 1.88 bits per heavy atom. The number of carbonyl (C=O) groups is 1. The second-order valence-corrected chi connectivity index (χ2v) is 7.72. The van der Waals surface area contributed by atoms with Gasteiger partial charge in [-0.3, -0.25) is 9.20 Å². The first-order valence-electron chi connectivity index (χ1n) is 10.8. The Bertz CT molecular complexity index is 1020. The number of anilines is 1. The van der Waals surface area contributed by atoms with Crippen LogP contribution in [0.2, 0.25) is 0 Å². The number of halogens is 3. The zero-order valence-electron chi connectivity index (χ0n) is 19.1. The van der Waals surface area contributed by atoms with E-state index in [1.807, 2.05) is 12.1 Å². The van der Waals surface area contributed by atoms with Crippen molar-refractivity contribution < 1.29 is 22.7 Å². The van der Waals surface area contributed by atoms with E-state index in [1.54, 1.807) is 10.5 Å². The van der Waals surface area contributed by atoms with Gasteiger partial charge in [0.15, 0.2) is 11.6 Å². The van der Waals surface area contributed by atoms with Gasteiger partial charge in [0, 0.05) is 17.8 Å². The molecule has 0 atom stereocenters. The molecule has 0 spiro atoms. The predicted molar refractivity (Wildman–Crippen MR) is 124 cm³/mol. The van der Waals surface area contributed by atoms with Crippen molar-refractivity contribution in [3.05, 3.63) is 59.7 Å². The highest BCUT2D eigenvalue weighted by Gasteiger charge is 2.19. The first kappa shape index (κ1) is 26.2. The van der Waals surface area contributed by atoms with Crippen LogP contribution in [0.1, 0.15) is 55.1 Å². The lowest BCUT2D eigenvalue weighted by molar-refractivity contribution is 0.112. The van der Waals surface area contributed by atoms with Crippen LogP contribution in [0, 0.1) is 11.7 Å². The van der Waals surface area contributed by atoms with Crippen molar-refractivity contribution in [1.29, 1.82) is 0 Å². The van der Waals surface area contributed by atoms with Crippen LogP contribution >= 0.6 is 0 Å². The van der Waals surface area contributed by atoms with E-state index in [1.165, 1.54) is 45.3 Å². The van der Waals surface area contributed by atoms with Crippen LogP contribution in [0.5, 0.6) is 5.75 Å². The average molecular weight is 465 g/mol. The fraction of sp³-hybridized carbons (Fsp3) is 0.417. The second kappa shape index (κ2) is 12.8. The fourth-order valence-corrected chi connectivity index (χ4v) is 3.62. The highest BCUT2D eigenvalue weighted by molar-refractivity contribution is 5.74. The normalized spacial score (nSPS) is 17.5. The van der Waals surface area contributed by atoms with Crippen molar-refractivity contribution >= 4 is 17.8 Å². The van der Waals surface area contributed by atoms with E-state index in [4.69, 9.17) is 0 Å². The Morgan fingerprint density at radius 1 is 1.18 bits per heavy atom. The molecule has 2 aromatic heterocycles. The molecule has 2 heterocycles. The molecule has 9 heteroatoms. The van der Waals surface area contributed by atoms with Gasteiger partial charge in [-0.2, -0.15) is 0 Å². The van der Waals surface area contributed by atoms with Crippen LogP contribution in [-0.2, 0) is 0 Å². The smallest absolute Gasteiger partial charge is 0.281 e. The number of hydrogen-bond donors (Lipinski definition) is 2. The van der Waals surface area contributed by atoms with Crippen molar-refractivity contribution in [2.24, 2.45) is 11.7 Å². The van der Waals surface area contributed by atoms with E-state index in [0.717, 1.165) is 30.6 Å². The summed E-state index contributed by atoms with van der Waals surface area (Å²) in [6.07, 6.45) is 4.19. The molecule has 0 radical (unpaired) electrons. The average Bonchev–Trinajstić information content (AvgIpc) is 3.28. The molecule has 1 aromatic carbocycles. The van der Waals surface area contributed by atoms with E-state index in [9.17, 15) is 18.0 Å². The zero-order chi connectivity index (χ0) is 24.4. The van der Waals surface area contributed by atoms with Crippen LogP contribution < -0.4 is 15.8 Å². The van der Waals surface area contributed by atoms with Crippen LogP contribution in [-0.4, -0.2) is 35.9 Å². The number of aromatic nitrogens is 2. The minimum atomic E-state index is -2.53. The van der Waals surface area contributed by atoms with E-state index < -0.39 is 12.2 Å². The van der Waals surface area contributed by atoms with Gasteiger partial charge in [-0.25, -0.2) is 18.2 Å². The van der Waals surface area contributed by atoms with E-state index in [-0.39, 0.29) is 11.4 Å². The van der Waals surface area contributed by atoms with Gasteiger partial charge in [0.05, 0.1) is 7.11 Å². The van der Waals surface area contributed by atoms with Gasteiger partial charge in [0.1, 0.15) is 23.4 Å². The Balaban J connectivity index is 0.000000252. The number of alkyl halides is 2. The maximum absolute atomic E-state index is 12.8. The third kappa shape index (κ3) is 7.21. The summed E-state index contributed by atoms with van der Waals surface area (Å²) in [5.74, 6) is 1.27. The monoisotopic (exact) mass is 464 g/mol. The van der Waals surface area contributed by atoms with Gasteiger partial charge >= 0.3 is 0 Å². The second-order valence-electron chi connectivity index (χ2n) is 7.72. The molecule has 1 aliphatic carbocycles. The van der Waals surface area contributed by atoms with Gasteiger partial charge in [-0.15, -0.1) is 0 Å². The number of methoxy groups -OCH3 is 1. The molecular weight excluding hydrogens is 433 g/mol. The minimum Gasteiger partial charge on any atom is -0.494 e. The molecule has 4 rings (SSSR count). The van der Waals surface area contributed by atoms with Crippen LogP contribution in [0.15, 0.2) is 42.6 Å². The molecule has 0 unspecified atom stereocenters. The first-order valence-corrected chi connectivity index (χ1v) is 10.8. The number of aldehydes is 1. The lowest BCUT2D eigenvalue weighted by Gasteiger charge is -2.27. The van der Waals surface area contributed by atoms with Gasteiger partial charge in [-0.1, -0.05) is 13.0 Å².